The molecule has 0 radical (unpaired) electrons. The fourth-order valence-electron chi connectivity index (χ4n) is 0.908. The van der Waals surface area contributed by atoms with Crippen molar-refractivity contribution in [1.82, 2.24) is 0 Å². The van der Waals surface area contributed by atoms with Gasteiger partial charge in [-0.15, -0.1) is 0 Å². The van der Waals surface area contributed by atoms with Crippen molar-refractivity contribution in [2.45, 2.75) is 20.3 Å². The van der Waals surface area contributed by atoms with Gasteiger partial charge in [-0.2, -0.15) is 11.3 Å². The average molecular weight is 247 g/mol. The second-order valence-electron chi connectivity index (χ2n) is 2.81. The molecule has 0 spiro atoms. The highest BCUT2D eigenvalue weighted by atomic mass is 79.9. The van der Waals surface area contributed by atoms with E-state index in [9.17, 15) is 4.79 Å². The van der Waals surface area contributed by atoms with E-state index in [1.165, 1.54) is 0 Å². The Morgan fingerprint density at radius 3 is 2.75 bits per heavy atom. The summed E-state index contributed by atoms with van der Waals surface area (Å²) in [6, 6.07) is 0. The van der Waals surface area contributed by atoms with Gasteiger partial charge < -0.3 is 0 Å². The zero-order valence-corrected chi connectivity index (χ0v) is 9.54. The van der Waals surface area contributed by atoms with Gasteiger partial charge in [0.2, 0.25) is 0 Å². The van der Waals surface area contributed by atoms with Crippen LogP contribution in [-0.2, 0) is 0 Å². The number of rotatable bonds is 3. The standard InChI is InChI=1S/C9H11BrOS/c1-3-6(2)9(11)7-4-12-5-8(7)10/h4-6H,3H2,1-2H3. The van der Waals surface area contributed by atoms with Crippen molar-refractivity contribution < 1.29 is 4.79 Å². The number of carbonyl (C=O) groups is 1. The molecule has 0 aliphatic heterocycles. The number of hydrogen-bond donors (Lipinski definition) is 0. The van der Waals surface area contributed by atoms with Gasteiger partial charge in [-0.25, -0.2) is 0 Å². The van der Waals surface area contributed by atoms with E-state index in [0.717, 1.165) is 16.5 Å². The van der Waals surface area contributed by atoms with Gasteiger partial charge in [-0.05, 0) is 22.4 Å². The minimum atomic E-state index is 0.135. The second kappa shape index (κ2) is 4.19. The van der Waals surface area contributed by atoms with Crippen molar-refractivity contribution in [3.05, 3.63) is 20.8 Å². The average Bonchev–Trinajstić information content (AvgIpc) is 2.48. The fourth-order valence-corrected chi connectivity index (χ4v) is 2.39. The molecule has 0 aromatic carbocycles. The van der Waals surface area contributed by atoms with Gasteiger partial charge in [0.15, 0.2) is 5.78 Å². The molecule has 1 unspecified atom stereocenters. The number of ketones is 1. The largest absolute Gasteiger partial charge is 0.294 e. The molecule has 0 saturated carbocycles. The first-order valence-corrected chi connectivity index (χ1v) is 5.66. The van der Waals surface area contributed by atoms with Gasteiger partial charge in [0.1, 0.15) is 0 Å². The quantitative estimate of drug-likeness (QED) is 0.743. The molecule has 66 valence electrons. The van der Waals surface area contributed by atoms with Crippen molar-refractivity contribution >= 4 is 33.0 Å². The Labute approximate surface area is 84.9 Å². The summed E-state index contributed by atoms with van der Waals surface area (Å²) < 4.78 is 0.929. The van der Waals surface area contributed by atoms with Gasteiger partial charge in [0, 0.05) is 26.7 Å². The molecule has 3 heteroatoms. The first-order chi connectivity index (χ1) is 5.66. The summed E-state index contributed by atoms with van der Waals surface area (Å²) in [6.07, 6.45) is 0.904. The molecule has 1 heterocycles. The third-order valence-electron chi connectivity index (χ3n) is 1.94. The maximum Gasteiger partial charge on any atom is 0.167 e. The van der Waals surface area contributed by atoms with Gasteiger partial charge in [0.25, 0.3) is 0 Å². The van der Waals surface area contributed by atoms with E-state index in [4.69, 9.17) is 0 Å². The van der Waals surface area contributed by atoms with Gasteiger partial charge in [-0.1, -0.05) is 13.8 Å². The highest BCUT2D eigenvalue weighted by Crippen LogP contribution is 2.24. The van der Waals surface area contributed by atoms with E-state index in [1.54, 1.807) is 11.3 Å². The molecule has 1 aromatic rings. The van der Waals surface area contributed by atoms with Gasteiger partial charge >= 0.3 is 0 Å². The lowest BCUT2D eigenvalue weighted by Gasteiger charge is -2.05. The maximum absolute atomic E-state index is 11.6. The molecular weight excluding hydrogens is 236 g/mol. The second-order valence-corrected chi connectivity index (χ2v) is 4.40. The molecule has 1 nitrogen and oxygen atoms in total. The minimum Gasteiger partial charge on any atom is -0.294 e. The Bertz CT molecular complexity index is 280. The number of thiophene rings is 1. The molecule has 0 aliphatic rings. The predicted octanol–water partition coefficient (Wildman–Crippen LogP) is 3.74. The van der Waals surface area contributed by atoms with Crippen molar-refractivity contribution in [2.75, 3.05) is 0 Å². The molecule has 0 bridgehead atoms. The summed E-state index contributed by atoms with van der Waals surface area (Å²) in [6.45, 7) is 4.00. The van der Waals surface area contributed by atoms with Crippen molar-refractivity contribution in [3.63, 3.8) is 0 Å². The Balaban J connectivity index is 2.85. The zero-order valence-electron chi connectivity index (χ0n) is 7.13. The van der Waals surface area contributed by atoms with E-state index in [-0.39, 0.29) is 11.7 Å². The lowest BCUT2D eigenvalue weighted by molar-refractivity contribution is 0.0927. The van der Waals surface area contributed by atoms with E-state index in [0.29, 0.717) is 0 Å². The highest BCUT2D eigenvalue weighted by Gasteiger charge is 2.16. The minimum absolute atomic E-state index is 0.135. The Morgan fingerprint density at radius 1 is 1.67 bits per heavy atom. The highest BCUT2D eigenvalue weighted by molar-refractivity contribution is 9.10. The maximum atomic E-state index is 11.6. The first-order valence-electron chi connectivity index (χ1n) is 3.92. The van der Waals surface area contributed by atoms with Crippen molar-refractivity contribution in [3.8, 4) is 0 Å². The monoisotopic (exact) mass is 246 g/mol. The zero-order chi connectivity index (χ0) is 9.14. The molecular formula is C9H11BrOS. The van der Waals surface area contributed by atoms with E-state index in [2.05, 4.69) is 15.9 Å². The van der Waals surface area contributed by atoms with E-state index >= 15 is 0 Å². The van der Waals surface area contributed by atoms with Crippen LogP contribution in [0.25, 0.3) is 0 Å². The molecule has 1 atom stereocenters. The molecule has 0 aliphatic carbocycles. The number of hydrogen-bond acceptors (Lipinski definition) is 2. The smallest absolute Gasteiger partial charge is 0.167 e. The number of halogens is 1. The molecule has 1 aromatic heterocycles. The normalized spacial score (nSPS) is 12.9. The summed E-state index contributed by atoms with van der Waals surface area (Å²) >= 11 is 4.91. The fraction of sp³-hybridized carbons (Fsp3) is 0.444. The van der Waals surface area contributed by atoms with Crippen LogP contribution in [0.4, 0.5) is 0 Å². The third-order valence-corrected chi connectivity index (χ3v) is 3.64. The lowest BCUT2D eigenvalue weighted by atomic mass is 9.99. The molecule has 12 heavy (non-hydrogen) atoms. The summed E-state index contributed by atoms with van der Waals surface area (Å²) in [5.74, 6) is 0.376. The van der Waals surface area contributed by atoms with E-state index in [1.807, 2.05) is 24.6 Å². The van der Waals surface area contributed by atoms with Crippen LogP contribution in [0.5, 0.6) is 0 Å². The van der Waals surface area contributed by atoms with Crippen LogP contribution in [0, 0.1) is 5.92 Å². The SMILES string of the molecule is CCC(C)C(=O)c1cscc1Br. The summed E-state index contributed by atoms with van der Waals surface area (Å²) in [5.41, 5.74) is 0.828. The van der Waals surface area contributed by atoms with Crippen molar-refractivity contribution in [1.29, 1.82) is 0 Å². The molecule has 1 rings (SSSR count). The van der Waals surface area contributed by atoms with Crippen LogP contribution in [0.1, 0.15) is 30.6 Å². The molecule has 0 saturated heterocycles. The predicted molar refractivity (Wildman–Crippen MR) is 55.8 cm³/mol. The summed E-state index contributed by atoms with van der Waals surface area (Å²) in [5, 5.41) is 3.84. The topological polar surface area (TPSA) is 17.1 Å². The molecule has 0 N–H and O–H groups in total. The van der Waals surface area contributed by atoms with Crippen LogP contribution in [0.15, 0.2) is 15.2 Å². The molecule has 0 amide bonds. The van der Waals surface area contributed by atoms with Crippen LogP contribution in [0.3, 0.4) is 0 Å². The summed E-state index contributed by atoms with van der Waals surface area (Å²) in [4.78, 5) is 11.6. The van der Waals surface area contributed by atoms with Crippen LogP contribution in [-0.4, -0.2) is 5.78 Å². The van der Waals surface area contributed by atoms with Crippen LogP contribution in [0.2, 0.25) is 0 Å². The van der Waals surface area contributed by atoms with Crippen molar-refractivity contribution in [2.24, 2.45) is 5.92 Å². The first kappa shape index (κ1) is 9.93. The lowest BCUT2D eigenvalue weighted by Crippen LogP contribution is -2.09. The Morgan fingerprint density at radius 2 is 2.33 bits per heavy atom. The van der Waals surface area contributed by atoms with Gasteiger partial charge in [0.05, 0.1) is 0 Å². The summed E-state index contributed by atoms with van der Waals surface area (Å²) in [7, 11) is 0. The van der Waals surface area contributed by atoms with E-state index < -0.39 is 0 Å². The number of Topliss-reactive ketones (excluding diaryl/α,β-unsaturated/α-hetero) is 1. The van der Waals surface area contributed by atoms with Crippen LogP contribution >= 0.6 is 27.3 Å². The third kappa shape index (κ3) is 1.96. The Hall–Kier alpha value is -0.150. The van der Waals surface area contributed by atoms with Crippen LogP contribution < -0.4 is 0 Å². The molecule has 0 fully saturated rings. The Kier molecular flexibility index (Phi) is 3.47. The number of carbonyl (C=O) groups excluding carboxylic acids is 1. The van der Waals surface area contributed by atoms with Gasteiger partial charge in [-0.3, -0.25) is 4.79 Å².